The summed E-state index contributed by atoms with van der Waals surface area (Å²) in [5, 5.41) is 3.97. The van der Waals surface area contributed by atoms with Gasteiger partial charge in [-0.3, -0.25) is 4.79 Å². The summed E-state index contributed by atoms with van der Waals surface area (Å²) in [5.74, 6) is 1.04. The molecule has 1 unspecified atom stereocenters. The molecule has 0 bridgehead atoms. The zero-order valence-electron chi connectivity index (χ0n) is 13.5. The van der Waals surface area contributed by atoms with Crippen molar-refractivity contribution < 1.29 is 13.9 Å². The number of benzene rings is 2. The van der Waals surface area contributed by atoms with Crippen LogP contribution in [0.1, 0.15) is 29.1 Å². The topological polar surface area (TPSA) is 51.5 Å². The van der Waals surface area contributed by atoms with E-state index in [1.807, 2.05) is 49.4 Å². The number of carbonyl (C=O) groups is 1. The van der Waals surface area contributed by atoms with Crippen LogP contribution in [0, 0.1) is 0 Å². The van der Waals surface area contributed by atoms with E-state index < -0.39 is 0 Å². The van der Waals surface area contributed by atoms with Gasteiger partial charge in [0.05, 0.1) is 11.6 Å². The van der Waals surface area contributed by atoms with Crippen LogP contribution in [0.3, 0.4) is 0 Å². The van der Waals surface area contributed by atoms with Crippen LogP contribution in [-0.4, -0.2) is 12.5 Å². The van der Waals surface area contributed by atoms with Crippen molar-refractivity contribution in [1.29, 1.82) is 0 Å². The van der Waals surface area contributed by atoms with Crippen LogP contribution in [0.25, 0.3) is 11.0 Å². The molecule has 24 heavy (non-hydrogen) atoms. The van der Waals surface area contributed by atoms with Crippen molar-refractivity contribution >= 4 is 16.9 Å². The van der Waals surface area contributed by atoms with Gasteiger partial charge in [0.1, 0.15) is 23.7 Å². The Morgan fingerprint density at radius 2 is 2.00 bits per heavy atom. The number of hydrogen-bond donors (Lipinski definition) is 1. The number of para-hydroxylation sites is 2. The predicted molar refractivity (Wildman–Crippen MR) is 94.2 cm³/mol. The summed E-state index contributed by atoms with van der Waals surface area (Å²) in [6, 6.07) is 16.6. The highest BCUT2D eigenvalue weighted by molar-refractivity contribution is 5.97. The Morgan fingerprint density at radius 3 is 2.79 bits per heavy atom. The van der Waals surface area contributed by atoms with Gasteiger partial charge in [-0.15, -0.1) is 0 Å². The lowest BCUT2D eigenvalue weighted by molar-refractivity contribution is 0.0932. The van der Waals surface area contributed by atoms with Gasteiger partial charge in [-0.1, -0.05) is 43.0 Å². The van der Waals surface area contributed by atoms with Crippen LogP contribution in [0.5, 0.6) is 5.75 Å². The Bertz CT molecular complexity index is 833. The van der Waals surface area contributed by atoms with E-state index in [-0.39, 0.29) is 11.9 Å². The summed E-state index contributed by atoms with van der Waals surface area (Å²) in [6.07, 6.45) is 1.64. The lowest BCUT2D eigenvalue weighted by atomic mass is 10.1. The summed E-state index contributed by atoms with van der Waals surface area (Å²) in [5.41, 5.74) is 1.30. The van der Waals surface area contributed by atoms with Gasteiger partial charge in [0.25, 0.3) is 5.91 Å². The summed E-state index contributed by atoms with van der Waals surface area (Å²) in [6.45, 7) is 5.86. The number of carbonyl (C=O) groups excluding carboxylic acids is 1. The van der Waals surface area contributed by atoms with Crippen molar-refractivity contribution in [2.75, 3.05) is 6.61 Å². The summed E-state index contributed by atoms with van der Waals surface area (Å²) in [4.78, 5) is 12.6. The van der Waals surface area contributed by atoms with Gasteiger partial charge in [-0.05, 0) is 31.2 Å². The van der Waals surface area contributed by atoms with E-state index in [9.17, 15) is 4.79 Å². The second kappa shape index (κ2) is 7.04. The van der Waals surface area contributed by atoms with Gasteiger partial charge >= 0.3 is 0 Å². The summed E-state index contributed by atoms with van der Waals surface area (Å²) < 4.78 is 11.3. The SMILES string of the molecule is C=CCOc1ccccc1C(=O)NC(C)c1cc2ccccc2o1. The van der Waals surface area contributed by atoms with Gasteiger partial charge in [0.2, 0.25) is 0 Å². The first-order valence-electron chi connectivity index (χ1n) is 7.81. The van der Waals surface area contributed by atoms with E-state index in [1.54, 1.807) is 18.2 Å². The molecule has 1 aromatic heterocycles. The molecule has 1 heterocycles. The monoisotopic (exact) mass is 321 g/mol. The fourth-order valence-corrected chi connectivity index (χ4v) is 2.49. The van der Waals surface area contributed by atoms with Crippen molar-refractivity contribution in [3.05, 3.63) is 78.6 Å². The molecule has 1 amide bonds. The molecule has 122 valence electrons. The van der Waals surface area contributed by atoms with Gasteiger partial charge in [0, 0.05) is 5.39 Å². The highest BCUT2D eigenvalue weighted by Gasteiger charge is 2.17. The van der Waals surface area contributed by atoms with Crippen LogP contribution in [-0.2, 0) is 0 Å². The Balaban J connectivity index is 1.77. The zero-order valence-corrected chi connectivity index (χ0v) is 13.5. The highest BCUT2D eigenvalue weighted by Crippen LogP contribution is 2.25. The molecule has 0 aliphatic heterocycles. The maximum Gasteiger partial charge on any atom is 0.255 e. The number of fused-ring (bicyclic) bond motifs is 1. The minimum atomic E-state index is -0.252. The maximum absolute atomic E-state index is 12.6. The average Bonchev–Trinajstić information content (AvgIpc) is 3.04. The van der Waals surface area contributed by atoms with Crippen molar-refractivity contribution in [1.82, 2.24) is 5.32 Å². The first-order chi connectivity index (χ1) is 11.7. The number of rotatable bonds is 6. The van der Waals surface area contributed by atoms with Crippen molar-refractivity contribution in [2.45, 2.75) is 13.0 Å². The van der Waals surface area contributed by atoms with Crippen LogP contribution < -0.4 is 10.1 Å². The number of furan rings is 1. The van der Waals surface area contributed by atoms with Crippen LogP contribution in [0.2, 0.25) is 0 Å². The summed E-state index contributed by atoms with van der Waals surface area (Å²) in [7, 11) is 0. The second-order valence-corrected chi connectivity index (χ2v) is 5.48. The fourth-order valence-electron chi connectivity index (χ4n) is 2.49. The quantitative estimate of drug-likeness (QED) is 0.681. The molecule has 0 saturated heterocycles. The lowest BCUT2D eigenvalue weighted by Gasteiger charge is -2.14. The van der Waals surface area contributed by atoms with E-state index in [0.717, 1.165) is 11.0 Å². The van der Waals surface area contributed by atoms with Crippen LogP contribution >= 0.6 is 0 Å². The molecule has 0 saturated carbocycles. The third-order valence-corrected chi connectivity index (χ3v) is 3.71. The molecule has 0 radical (unpaired) electrons. The zero-order chi connectivity index (χ0) is 16.9. The fraction of sp³-hybridized carbons (Fsp3) is 0.150. The minimum Gasteiger partial charge on any atom is -0.489 e. The molecule has 2 aromatic carbocycles. The van der Waals surface area contributed by atoms with Gasteiger partial charge in [-0.25, -0.2) is 0 Å². The number of hydrogen-bond acceptors (Lipinski definition) is 3. The molecule has 1 atom stereocenters. The predicted octanol–water partition coefficient (Wildman–Crippen LogP) is 4.49. The van der Waals surface area contributed by atoms with Crippen LogP contribution in [0.4, 0.5) is 0 Å². The van der Waals surface area contributed by atoms with Crippen molar-refractivity contribution in [3.63, 3.8) is 0 Å². The van der Waals surface area contributed by atoms with E-state index in [1.165, 1.54) is 0 Å². The Labute approximate surface area is 140 Å². The highest BCUT2D eigenvalue weighted by atomic mass is 16.5. The second-order valence-electron chi connectivity index (χ2n) is 5.48. The third-order valence-electron chi connectivity index (χ3n) is 3.71. The number of amides is 1. The molecule has 3 rings (SSSR count). The van der Waals surface area contributed by atoms with Crippen LogP contribution in [0.15, 0.2) is 71.7 Å². The Morgan fingerprint density at radius 1 is 1.25 bits per heavy atom. The molecule has 0 aliphatic rings. The third kappa shape index (κ3) is 3.33. The minimum absolute atomic E-state index is 0.206. The molecule has 0 aliphatic carbocycles. The van der Waals surface area contributed by atoms with E-state index in [2.05, 4.69) is 11.9 Å². The van der Waals surface area contributed by atoms with E-state index in [0.29, 0.717) is 23.7 Å². The molecule has 4 heteroatoms. The largest absolute Gasteiger partial charge is 0.489 e. The molecular formula is C20H19NO3. The first-order valence-corrected chi connectivity index (χ1v) is 7.81. The van der Waals surface area contributed by atoms with E-state index in [4.69, 9.17) is 9.15 Å². The standard InChI is InChI=1S/C20H19NO3/c1-3-12-23-18-11-7-5-9-16(18)20(22)21-14(2)19-13-15-8-4-6-10-17(15)24-19/h3-11,13-14H,1,12H2,2H3,(H,21,22). The average molecular weight is 321 g/mol. The lowest BCUT2D eigenvalue weighted by Crippen LogP contribution is -2.26. The molecule has 3 aromatic rings. The molecule has 4 nitrogen and oxygen atoms in total. The Kier molecular flexibility index (Phi) is 4.66. The van der Waals surface area contributed by atoms with Gasteiger partial charge in [-0.2, -0.15) is 0 Å². The molecular weight excluding hydrogens is 302 g/mol. The maximum atomic E-state index is 12.6. The smallest absolute Gasteiger partial charge is 0.255 e. The Hall–Kier alpha value is -3.01. The molecule has 0 spiro atoms. The number of ether oxygens (including phenoxy) is 1. The van der Waals surface area contributed by atoms with E-state index >= 15 is 0 Å². The van der Waals surface area contributed by atoms with Gasteiger partial charge in [0.15, 0.2) is 0 Å². The normalized spacial score (nSPS) is 11.9. The first kappa shape index (κ1) is 15.9. The number of nitrogens with one attached hydrogen (secondary N) is 1. The van der Waals surface area contributed by atoms with Crippen molar-refractivity contribution in [3.8, 4) is 5.75 Å². The van der Waals surface area contributed by atoms with Gasteiger partial charge < -0.3 is 14.5 Å². The summed E-state index contributed by atoms with van der Waals surface area (Å²) >= 11 is 0. The van der Waals surface area contributed by atoms with Crippen molar-refractivity contribution in [2.24, 2.45) is 0 Å². The molecule has 0 fully saturated rings. The molecule has 1 N–H and O–H groups in total.